The molecule has 0 spiro atoms. The summed E-state index contributed by atoms with van der Waals surface area (Å²) < 4.78 is 0. The van der Waals surface area contributed by atoms with Gasteiger partial charge in [-0.3, -0.25) is 10.1 Å². The summed E-state index contributed by atoms with van der Waals surface area (Å²) in [6.45, 7) is 1.85. The molecule has 0 aliphatic carbocycles. The zero-order valence-corrected chi connectivity index (χ0v) is 8.38. The number of aromatic nitrogens is 1. The third-order valence-electron chi connectivity index (χ3n) is 1.89. The summed E-state index contributed by atoms with van der Waals surface area (Å²) >= 11 is 0. The third kappa shape index (κ3) is 3.14. The van der Waals surface area contributed by atoms with Crippen LogP contribution in [0.3, 0.4) is 0 Å². The van der Waals surface area contributed by atoms with E-state index in [4.69, 9.17) is 5.11 Å². The van der Waals surface area contributed by atoms with Gasteiger partial charge in [0.25, 0.3) is 5.69 Å². The summed E-state index contributed by atoms with van der Waals surface area (Å²) in [4.78, 5) is 13.9. The highest BCUT2D eigenvalue weighted by molar-refractivity contribution is 5.51. The monoisotopic (exact) mass is 208 g/mol. The Morgan fingerprint density at radius 3 is 2.93 bits per heavy atom. The van der Waals surface area contributed by atoms with Crippen molar-refractivity contribution in [1.82, 2.24) is 4.98 Å². The van der Waals surface area contributed by atoms with Crippen molar-refractivity contribution in [1.29, 1.82) is 0 Å². The van der Waals surface area contributed by atoms with Crippen molar-refractivity contribution in [2.24, 2.45) is 0 Å². The van der Waals surface area contributed by atoms with E-state index in [0.717, 1.165) is 5.56 Å². The molecule has 0 atom stereocenters. The molecule has 80 valence electrons. The van der Waals surface area contributed by atoms with Gasteiger partial charge in [0.05, 0.1) is 10.6 Å². The first-order valence-electron chi connectivity index (χ1n) is 4.53. The quantitative estimate of drug-likeness (QED) is 0.603. The van der Waals surface area contributed by atoms with E-state index >= 15 is 0 Å². The lowest BCUT2D eigenvalue weighted by Crippen LogP contribution is -1.93. The summed E-state index contributed by atoms with van der Waals surface area (Å²) in [7, 11) is 0. The molecule has 0 aliphatic rings. The van der Waals surface area contributed by atoms with Gasteiger partial charge in [-0.05, 0) is 25.0 Å². The van der Waals surface area contributed by atoms with E-state index in [2.05, 4.69) is 4.98 Å². The molecule has 0 radical (unpaired) electrons. The van der Waals surface area contributed by atoms with Gasteiger partial charge in [0.2, 0.25) is 0 Å². The fraction of sp³-hybridized carbons (Fsp3) is 0.300. The normalized spacial score (nSPS) is 10.8. The first kappa shape index (κ1) is 11.3. The number of aliphatic hydroxyl groups is 1. The van der Waals surface area contributed by atoms with E-state index in [9.17, 15) is 10.1 Å². The molecule has 0 unspecified atom stereocenters. The number of nitro groups is 1. The molecular formula is C10H12N2O3. The summed E-state index contributed by atoms with van der Waals surface area (Å²) in [6.07, 6.45) is 5.31. The van der Waals surface area contributed by atoms with Crippen LogP contribution >= 0.6 is 0 Å². The lowest BCUT2D eigenvalue weighted by atomic mass is 10.2. The minimum atomic E-state index is -0.471. The van der Waals surface area contributed by atoms with Crippen molar-refractivity contribution in [3.05, 3.63) is 39.7 Å². The second-order valence-corrected chi connectivity index (χ2v) is 3.07. The molecule has 5 heteroatoms. The second-order valence-electron chi connectivity index (χ2n) is 3.07. The highest BCUT2D eigenvalue weighted by atomic mass is 16.6. The Balaban J connectivity index is 2.88. The standard InChI is InChI=1S/C10H12N2O3/c1-8-6-9(12(14)15)7-11-10(8)4-2-3-5-13/h2,4,6-7,13H,3,5H2,1H3. The zero-order chi connectivity index (χ0) is 11.3. The molecule has 1 aromatic rings. The fourth-order valence-electron chi connectivity index (χ4n) is 1.11. The first-order chi connectivity index (χ1) is 7.15. The lowest BCUT2D eigenvalue weighted by Gasteiger charge is -1.98. The summed E-state index contributed by atoms with van der Waals surface area (Å²) in [5, 5.41) is 19.0. The van der Waals surface area contributed by atoms with Crippen LogP contribution in [0, 0.1) is 17.0 Å². The first-order valence-corrected chi connectivity index (χ1v) is 4.53. The molecule has 0 saturated heterocycles. The van der Waals surface area contributed by atoms with Gasteiger partial charge >= 0.3 is 0 Å². The van der Waals surface area contributed by atoms with Crippen LogP contribution in [0.25, 0.3) is 6.08 Å². The maximum atomic E-state index is 10.4. The Bertz CT molecular complexity index is 388. The molecular weight excluding hydrogens is 196 g/mol. The maximum Gasteiger partial charge on any atom is 0.287 e. The number of hydrogen-bond acceptors (Lipinski definition) is 4. The van der Waals surface area contributed by atoms with Crippen LogP contribution in [-0.4, -0.2) is 21.6 Å². The number of nitrogens with zero attached hydrogens (tertiary/aromatic N) is 2. The minimum absolute atomic E-state index is 0.00759. The largest absolute Gasteiger partial charge is 0.396 e. The SMILES string of the molecule is Cc1cc([N+](=O)[O-])cnc1C=CCCO. The van der Waals surface area contributed by atoms with Crippen LogP contribution in [0.1, 0.15) is 17.7 Å². The van der Waals surface area contributed by atoms with Crippen LogP contribution in [-0.2, 0) is 0 Å². The summed E-state index contributed by atoms with van der Waals surface area (Å²) in [5.74, 6) is 0. The Morgan fingerprint density at radius 1 is 1.67 bits per heavy atom. The molecule has 0 bridgehead atoms. The van der Waals surface area contributed by atoms with Crippen molar-refractivity contribution in [2.45, 2.75) is 13.3 Å². The van der Waals surface area contributed by atoms with Crippen molar-refractivity contribution in [2.75, 3.05) is 6.61 Å². The average molecular weight is 208 g/mol. The van der Waals surface area contributed by atoms with Crippen LogP contribution in [0.2, 0.25) is 0 Å². The van der Waals surface area contributed by atoms with E-state index in [0.29, 0.717) is 12.1 Å². The van der Waals surface area contributed by atoms with Gasteiger partial charge in [-0.2, -0.15) is 0 Å². The Morgan fingerprint density at radius 2 is 2.40 bits per heavy atom. The van der Waals surface area contributed by atoms with E-state index in [1.165, 1.54) is 12.3 Å². The molecule has 1 heterocycles. The highest BCUT2D eigenvalue weighted by Crippen LogP contribution is 2.15. The third-order valence-corrected chi connectivity index (χ3v) is 1.89. The van der Waals surface area contributed by atoms with Gasteiger partial charge in [-0.15, -0.1) is 0 Å². The van der Waals surface area contributed by atoms with Gasteiger partial charge in [0, 0.05) is 12.7 Å². The number of pyridine rings is 1. The van der Waals surface area contributed by atoms with E-state index < -0.39 is 4.92 Å². The highest BCUT2D eigenvalue weighted by Gasteiger charge is 2.07. The molecule has 1 N–H and O–H groups in total. The van der Waals surface area contributed by atoms with Crippen LogP contribution < -0.4 is 0 Å². The van der Waals surface area contributed by atoms with Crippen LogP contribution in [0.5, 0.6) is 0 Å². The van der Waals surface area contributed by atoms with Gasteiger partial charge in [-0.1, -0.05) is 6.08 Å². The number of aryl methyl sites for hydroxylation is 1. The number of hydrogen-bond donors (Lipinski definition) is 1. The minimum Gasteiger partial charge on any atom is -0.396 e. The Kier molecular flexibility index (Phi) is 3.93. The predicted molar refractivity (Wildman–Crippen MR) is 56.4 cm³/mol. The van der Waals surface area contributed by atoms with Crippen LogP contribution in [0.15, 0.2) is 18.3 Å². The second kappa shape index (κ2) is 5.21. The van der Waals surface area contributed by atoms with Crippen molar-refractivity contribution in [3.8, 4) is 0 Å². The van der Waals surface area contributed by atoms with Gasteiger partial charge in [0.1, 0.15) is 6.20 Å². The lowest BCUT2D eigenvalue weighted by molar-refractivity contribution is -0.385. The van der Waals surface area contributed by atoms with Gasteiger partial charge in [0.15, 0.2) is 0 Å². The number of aliphatic hydroxyl groups excluding tert-OH is 1. The molecule has 5 nitrogen and oxygen atoms in total. The molecule has 0 saturated carbocycles. The smallest absolute Gasteiger partial charge is 0.287 e. The summed E-state index contributed by atoms with van der Waals surface area (Å²) in [5.41, 5.74) is 1.43. The topological polar surface area (TPSA) is 76.3 Å². The van der Waals surface area contributed by atoms with Crippen molar-refractivity contribution < 1.29 is 10.0 Å². The van der Waals surface area contributed by atoms with Gasteiger partial charge in [-0.25, -0.2) is 4.98 Å². The van der Waals surface area contributed by atoms with Crippen molar-refractivity contribution >= 4 is 11.8 Å². The van der Waals surface area contributed by atoms with E-state index in [1.807, 2.05) is 0 Å². The summed E-state index contributed by atoms with van der Waals surface area (Å²) in [6, 6.07) is 1.48. The Labute approximate surface area is 87.2 Å². The molecule has 1 rings (SSSR count). The van der Waals surface area contributed by atoms with Gasteiger partial charge < -0.3 is 5.11 Å². The number of rotatable bonds is 4. The van der Waals surface area contributed by atoms with E-state index in [1.54, 1.807) is 19.1 Å². The van der Waals surface area contributed by atoms with Crippen molar-refractivity contribution in [3.63, 3.8) is 0 Å². The van der Waals surface area contributed by atoms with Crippen LogP contribution in [0.4, 0.5) is 5.69 Å². The Hall–Kier alpha value is -1.75. The molecule has 0 aliphatic heterocycles. The molecule has 1 aromatic heterocycles. The molecule has 15 heavy (non-hydrogen) atoms. The average Bonchev–Trinajstić information content (AvgIpc) is 2.20. The molecule has 0 aromatic carbocycles. The maximum absolute atomic E-state index is 10.4. The zero-order valence-electron chi connectivity index (χ0n) is 8.38. The molecule has 0 fully saturated rings. The van der Waals surface area contributed by atoms with E-state index in [-0.39, 0.29) is 12.3 Å². The molecule has 0 amide bonds. The fourth-order valence-corrected chi connectivity index (χ4v) is 1.11. The predicted octanol–water partition coefficient (Wildman–Crippen LogP) is 1.69.